The maximum absolute atomic E-state index is 13.0. The number of anilines is 1. The van der Waals surface area contributed by atoms with Crippen LogP contribution in [-0.4, -0.2) is 6.04 Å². The largest absolute Gasteiger partial charge is 0.418 e. The number of hydrogen-bond acceptors (Lipinski definition) is 1. The molecule has 0 heterocycles. The van der Waals surface area contributed by atoms with Gasteiger partial charge in [0.25, 0.3) is 0 Å². The monoisotopic (exact) mass is 335 g/mol. The summed E-state index contributed by atoms with van der Waals surface area (Å²) in [5, 5.41) is 3.09. The first kappa shape index (κ1) is 14.7. The Morgan fingerprint density at radius 3 is 2.53 bits per heavy atom. The fraction of sp³-hybridized carbons (Fsp3) is 0.571. The average Bonchev–Trinajstić information content (AvgIpc) is 2.59. The number of nitrogens with one attached hydrogen (secondary N) is 1. The lowest BCUT2D eigenvalue weighted by Crippen LogP contribution is -2.31. The SMILES string of the molecule is CC1(C)CCCC1Nc1ccc(Br)cc1C(F)(F)F. The van der Waals surface area contributed by atoms with Crippen LogP contribution in [-0.2, 0) is 6.18 Å². The van der Waals surface area contributed by atoms with Crippen molar-refractivity contribution in [1.29, 1.82) is 0 Å². The van der Waals surface area contributed by atoms with E-state index in [1.807, 2.05) is 0 Å². The lowest BCUT2D eigenvalue weighted by Gasteiger charge is -2.30. The third kappa shape index (κ3) is 3.25. The molecule has 1 nitrogen and oxygen atoms in total. The summed E-state index contributed by atoms with van der Waals surface area (Å²) in [6.07, 6.45) is -1.32. The number of hydrogen-bond donors (Lipinski definition) is 1. The van der Waals surface area contributed by atoms with Crippen molar-refractivity contribution in [2.24, 2.45) is 5.41 Å². The first-order chi connectivity index (χ1) is 8.70. The third-order valence-electron chi connectivity index (χ3n) is 3.87. The van der Waals surface area contributed by atoms with Gasteiger partial charge in [-0.1, -0.05) is 36.2 Å². The standard InChI is InChI=1S/C14H17BrF3N/c1-13(2)7-3-4-12(13)19-11-6-5-9(15)8-10(11)14(16,17)18/h5-6,8,12,19H,3-4,7H2,1-2H3. The lowest BCUT2D eigenvalue weighted by atomic mass is 9.87. The van der Waals surface area contributed by atoms with Crippen LogP contribution in [0.4, 0.5) is 18.9 Å². The van der Waals surface area contributed by atoms with Crippen LogP contribution < -0.4 is 5.32 Å². The molecule has 19 heavy (non-hydrogen) atoms. The van der Waals surface area contributed by atoms with Crippen molar-refractivity contribution >= 4 is 21.6 Å². The molecule has 1 atom stereocenters. The molecule has 0 amide bonds. The average molecular weight is 336 g/mol. The number of benzene rings is 1. The van der Waals surface area contributed by atoms with E-state index < -0.39 is 11.7 Å². The van der Waals surface area contributed by atoms with Gasteiger partial charge in [0, 0.05) is 16.2 Å². The molecule has 0 bridgehead atoms. The molecule has 1 unspecified atom stereocenters. The van der Waals surface area contributed by atoms with Crippen molar-refractivity contribution in [3.8, 4) is 0 Å². The van der Waals surface area contributed by atoms with Crippen molar-refractivity contribution in [2.45, 2.75) is 45.3 Å². The van der Waals surface area contributed by atoms with Crippen LogP contribution in [0.15, 0.2) is 22.7 Å². The van der Waals surface area contributed by atoms with Crippen molar-refractivity contribution in [3.05, 3.63) is 28.2 Å². The fourth-order valence-corrected chi connectivity index (χ4v) is 3.02. The van der Waals surface area contributed by atoms with Gasteiger partial charge in [0.15, 0.2) is 0 Å². The highest BCUT2D eigenvalue weighted by Gasteiger charge is 2.38. The van der Waals surface area contributed by atoms with Crippen LogP contribution in [0.3, 0.4) is 0 Å². The highest BCUT2D eigenvalue weighted by Crippen LogP contribution is 2.42. The molecule has 1 aromatic carbocycles. The van der Waals surface area contributed by atoms with Gasteiger partial charge < -0.3 is 5.32 Å². The van der Waals surface area contributed by atoms with Crippen molar-refractivity contribution < 1.29 is 13.2 Å². The predicted octanol–water partition coefficient (Wildman–Crippen LogP) is 5.46. The molecule has 1 aliphatic rings. The Morgan fingerprint density at radius 2 is 2.00 bits per heavy atom. The van der Waals surface area contributed by atoms with E-state index in [1.54, 1.807) is 6.07 Å². The normalized spacial score (nSPS) is 22.5. The van der Waals surface area contributed by atoms with Gasteiger partial charge in [-0.15, -0.1) is 0 Å². The van der Waals surface area contributed by atoms with Gasteiger partial charge in [0.05, 0.1) is 5.56 Å². The van der Waals surface area contributed by atoms with E-state index in [0.717, 1.165) is 25.3 Å². The molecule has 1 fully saturated rings. The summed E-state index contributed by atoms with van der Waals surface area (Å²) in [6.45, 7) is 4.20. The maximum atomic E-state index is 13.0. The molecular formula is C14H17BrF3N. The minimum absolute atomic E-state index is 0.0376. The molecular weight excluding hydrogens is 319 g/mol. The Hall–Kier alpha value is -0.710. The topological polar surface area (TPSA) is 12.0 Å². The Balaban J connectivity index is 2.30. The molecule has 1 saturated carbocycles. The molecule has 0 radical (unpaired) electrons. The first-order valence-corrected chi connectivity index (χ1v) is 7.13. The van der Waals surface area contributed by atoms with Gasteiger partial charge in [-0.05, 0) is 36.5 Å². The second kappa shape index (κ2) is 5.00. The first-order valence-electron chi connectivity index (χ1n) is 6.33. The Bertz CT molecular complexity index is 468. The van der Waals surface area contributed by atoms with E-state index in [0.29, 0.717) is 4.47 Å². The minimum Gasteiger partial charge on any atom is -0.381 e. The fourth-order valence-electron chi connectivity index (χ4n) is 2.66. The summed E-state index contributed by atoms with van der Waals surface area (Å²) in [5.74, 6) is 0. The van der Waals surface area contributed by atoms with E-state index in [-0.39, 0.29) is 17.1 Å². The molecule has 0 spiro atoms. The summed E-state index contributed by atoms with van der Waals surface area (Å²) in [6, 6.07) is 4.36. The van der Waals surface area contributed by atoms with E-state index in [4.69, 9.17) is 0 Å². The highest BCUT2D eigenvalue weighted by molar-refractivity contribution is 9.10. The van der Waals surface area contributed by atoms with Gasteiger partial charge >= 0.3 is 6.18 Å². The van der Waals surface area contributed by atoms with Crippen LogP contribution in [0.1, 0.15) is 38.7 Å². The molecule has 0 aromatic heterocycles. The maximum Gasteiger partial charge on any atom is 0.418 e. The van der Waals surface area contributed by atoms with Crippen LogP contribution >= 0.6 is 15.9 Å². The van der Waals surface area contributed by atoms with Crippen LogP contribution in [0.25, 0.3) is 0 Å². The Labute approximate surface area is 119 Å². The number of alkyl halides is 3. The summed E-state index contributed by atoms with van der Waals surface area (Å²) < 4.78 is 39.5. The molecule has 0 saturated heterocycles. The lowest BCUT2D eigenvalue weighted by molar-refractivity contribution is -0.137. The smallest absolute Gasteiger partial charge is 0.381 e. The predicted molar refractivity (Wildman–Crippen MR) is 74.2 cm³/mol. The van der Waals surface area contributed by atoms with E-state index in [9.17, 15) is 13.2 Å². The third-order valence-corrected chi connectivity index (χ3v) is 4.37. The summed E-state index contributed by atoms with van der Waals surface area (Å²) in [7, 11) is 0. The summed E-state index contributed by atoms with van der Waals surface area (Å²) in [5.41, 5.74) is -0.393. The van der Waals surface area contributed by atoms with Gasteiger partial charge in [-0.3, -0.25) is 0 Å². The van der Waals surface area contributed by atoms with E-state index in [1.165, 1.54) is 6.07 Å². The molecule has 0 aliphatic heterocycles. The van der Waals surface area contributed by atoms with Gasteiger partial charge in [-0.25, -0.2) is 0 Å². The second-order valence-electron chi connectivity index (χ2n) is 5.77. The zero-order valence-corrected chi connectivity index (χ0v) is 12.5. The highest BCUT2D eigenvalue weighted by atomic mass is 79.9. The molecule has 5 heteroatoms. The summed E-state index contributed by atoms with van der Waals surface area (Å²) >= 11 is 3.10. The van der Waals surface area contributed by atoms with Crippen molar-refractivity contribution in [1.82, 2.24) is 0 Å². The van der Waals surface area contributed by atoms with Gasteiger partial charge in [0.2, 0.25) is 0 Å². The molecule has 106 valence electrons. The zero-order chi connectivity index (χ0) is 14.3. The van der Waals surface area contributed by atoms with Crippen molar-refractivity contribution in [2.75, 3.05) is 5.32 Å². The van der Waals surface area contributed by atoms with Gasteiger partial charge in [-0.2, -0.15) is 13.2 Å². The van der Waals surface area contributed by atoms with Crippen molar-refractivity contribution in [3.63, 3.8) is 0 Å². The van der Waals surface area contributed by atoms with Gasteiger partial charge in [0.1, 0.15) is 0 Å². The van der Waals surface area contributed by atoms with Crippen LogP contribution in [0.5, 0.6) is 0 Å². The number of rotatable bonds is 2. The zero-order valence-electron chi connectivity index (χ0n) is 10.9. The van der Waals surface area contributed by atoms with Crippen LogP contribution in [0, 0.1) is 5.41 Å². The molecule has 1 aliphatic carbocycles. The Kier molecular flexibility index (Phi) is 3.87. The molecule has 1 N–H and O–H groups in total. The Morgan fingerprint density at radius 1 is 1.32 bits per heavy atom. The van der Waals surface area contributed by atoms with Crippen LogP contribution in [0.2, 0.25) is 0 Å². The second-order valence-corrected chi connectivity index (χ2v) is 6.68. The quantitative estimate of drug-likeness (QED) is 0.756. The minimum atomic E-state index is -4.34. The van der Waals surface area contributed by atoms with E-state index >= 15 is 0 Å². The molecule has 2 rings (SSSR count). The number of halogens is 4. The summed E-state index contributed by atoms with van der Waals surface area (Å²) in [4.78, 5) is 0. The molecule has 1 aromatic rings. The van der Waals surface area contributed by atoms with E-state index in [2.05, 4.69) is 35.1 Å².